The van der Waals surface area contributed by atoms with Gasteiger partial charge in [0.2, 0.25) is 0 Å². The maximum Gasteiger partial charge on any atom is 0.410 e. The highest BCUT2D eigenvalue weighted by Gasteiger charge is 2.34. The molecule has 0 unspecified atom stereocenters. The zero-order chi connectivity index (χ0) is 13.9. The smallest absolute Gasteiger partial charge is 0.410 e. The van der Waals surface area contributed by atoms with Crippen LogP contribution in [0.3, 0.4) is 0 Å². The number of nitrogens with one attached hydrogen (secondary N) is 1. The van der Waals surface area contributed by atoms with Crippen molar-refractivity contribution in [2.75, 3.05) is 34.2 Å². The lowest BCUT2D eigenvalue weighted by Crippen LogP contribution is -2.62. The third-order valence-corrected chi connectivity index (χ3v) is 2.50. The van der Waals surface area contributed by atoms with Crippen LogP contribution in [0.2, 0.25) is 0 Å². The molecule has 7 heteroatoms. The number of nitrogens with zero attached hydrogens (tertiary/aromatic N) is 3. The van der Waals surface area contributed by atoms with E-state index in [0.29, 0.717) is 13.1 Å². The van der Waals surface area contributed by atoms with Crippen LogP contribution in [0, 0.1) is 0 Å². The maximum atomic E-state index is 11.7. The van der Waals surface area contributed by atoms with E-state index in [2.05, 4.69) is 10.3 Å². The summed E-state index contributed by atoms with van der Waals surface area (Å²) in [5.41, 5.74) is -0.435. The first-order chi connectivity index (χ1) is 8.23. The Morgan fingerprint density at radius 2 is 1.89 bits per heavy atom. The molecule has 0 aliphatic carbocycles. The molecule has 19 heavy (non-hydrogen) atoms. The van der Waals surface area contributed by atoms with Crippen molar-refractivity contribution in [2.24, 2.45) is 4.99 Å². The topological polar surface area (TPSA) is 57.2 Å². The van der Waals surface area contributed by atoms with E-state index < -0.39 is 5.60 Å². The quantitative estimate of drug-likeness (QED) is 0.422. The highest BCUT2D eigenvalue weighted by Crippen LogP contribution is 2.15. The summed E-state index contributed by atoms with van der Waals surface area (Å²) >= 11 is 0. The van der Waals surface area contributed by atoms with E-state index in [0.717, 1.165) is 5.96 Å². The Morgan fingerprint density at radius 3 is 2.26 bits per heavy atom. The van der Waals surface area contributed by atoms with Crippen LogP contribution in [0.5, 0.6) is 0 Å². The predicted molar refractivity (Wildman–Crippen MR) is 87.2 cm³/mol. The zero-order valence-corrected chi connectivity index (χ0v) is 14.9. The molecule has 0 radical (unpaired) electrons. The lowest BCUT2D eigenvalue weighted by molar-refractivity contribution is 0.00688. The Hall–Kier alpha value is -0.730. The Morgan fingerprint density at radius 1 is 1.37 bits per heavy atom. The molecular weight excluding hydrogens is 359 g/mol. The highest BCUT2D eigenvalue weighted by atomic mass is 127. The number of carbonyl (C=O) groups is 1. The van der Waals surface area contributed by atoms with Gasteiger partial charge in [-0.1, -0.05) is 0 Å². The number of guanidine groups is 1. The van der Waals surface area contributed by atoms with E-state index >= 15 is 0 Å². The summed E-state index contributed by atoms with van der Waals surface area (Å²) in [7, 11) is 5.60. The Bertz CT molecular complexity index is 333. The van der Waals surface area contributed by atoms with Crippen molar-refractivity contribution in [3.63, 3.8) is 0 Å². The summed E-state index contributed by atoms with van der Waals surface area (Å²) in [4.78, 5) is 19.4. The van der Waals surface area contributed by atoms with E-state index in [9.17, 15) is 4.79 Å². The summed E-state index contributed by atoms with van der Waals surface area (Å²) in [5, 5.41) is 3.28. The first-order valence-electron chi connectivity index (χ1n) is 6.11. The van der Waals surface area contributed by atoms with Gasteiger partial charge in [-0.25, -0.2) is 4.79 Å². The van der Waals surface area contributed by atoms with Gasteiger partial charge in [0.25, 0.3) is 0 Å². The van der Waals surface area contributed by atoms with Crippen molar-refractivity contribution in [1.29, 1.82) is 0 Å². The third-order valence-electron chi connectivity index (χ3n) is 2.50. The van der Waals surface area contributed by atoms with Crippen LogP contribution in [-0.4, -0.2) is 67.7 Å². The van der Waals surface area contributed by atoms with Gasteiger partial charge in [0.15, 0.2) is 5.96 Å². The summed E-state index contributed by atoms with van der Waals surface area (Å²) in [6.45, 7) is 6.92. The van der Waals surface area contributed by atoms with Crippen molar-refractivity contribution < 1.29 is 9.53 Å². The summed E-state index contributed by atoms with van der Waals surface area (Å²) < 4.78 is 5.29. The second kappa shape index (κ2) is 7.16. The molecule has 0 spiro atoms. The van der Waals surface area contributed by atoms with Crippen LogP contribution >= 0.6 is 24.0 Å². The fourth-order valence-corrected chi connectivity index (χ4v) is 1.62. The van der Waals surface area contributed by atoms with Crippen LogP contribution in [0.25, 0.3) is 0 Å². The molecule has 1 rings (SSSR count). The van der Waals surface area contributed by atoms with E-state index in [1.165, 1.54) is 0 Å². The van der Waals surface area contributed by atoms with Crippen molar-refractivity contribution >= 4 is 36.0 Å². The number of halogens is 1. The number of carbonyl (C=O) groups excluding carboxylic acids is 1. The number of hydrogen-bond acceptors (Lipinski definition) is 3. The van der Waals surface area contributed by atoms with Crippen LogP contribution < -0.4 is 5.32 Å². The zero-order valence-electron chi connectivity index (χ0n) is 12.6. The fraction of sp³-hybridized carbons (Fsp3) is 0.833. The normalized spacial score (nSPS) is 16.3. The van der Waals surface area contributed by atoms with Crippen LogP contribution in [0.15, 0.2) is 4.99 Å². The molecule has 1 fully saturated rings. The molecule has 0 saturated carbocycles. The molecule has 1 aliphatic rings. The van der Waals surface area contributed by atoms with Gasteiger partial charge in [-0.3, -0.25) is 4.99 Å². The fourth-order valence-electron chi connectivity index (χ4n) is 1.62. The lowest BCUT2D eigenvalue weighted by atomic mass is 10.1. The van der Waals surface area contributed by atoms with Crippen molar-refractivity contribution in [2.45, 2.75) is 32.4 Å². The SMILES string of the molecule is CN=C(NC1CN(C(=O)OC(C)(C)C)C1)N(C)C.I. The minimum absolute atomic E-state index is 0. The van der Waals surface area contributed by atoms with Gasteiger partial charge in [-0.2, -0.15) is 0 Å². The molecular formula is C12H25IN4O2. The largest absolute Gasteiger partial charge is 0.444 e. The minimum Gasteiger partial charge on any atom is -0.444 e. The molecule has 1 amide bonds. The maximum absolute atomic E-state index is 11.7. The average Bonchev–Trinajstić information content (AvgIpc) is 2.12. The second-order valence-corrected chi connectivity index (χ2v) is 5.67. The van der Waals surface area contributed by atoms with Gasteiger partial charge in [0.05, 0.1) is 6.04 Å². The number of hydrogen-bond donors (Lipinski definition) is 1. The van der Waals surface area contributed by atoms with Crippen molar-refractivity contribution in [3.05, 3.63) is 0 Å². The highest BCUT2D eigenvalue weighted by molar-refractivity contribution is 14.0. The molecule has 0 aromatic carbocycles. The molecule has 1 saturated heterocycles. The van der Waals surface area contributed by atoms with Gasteiger partial charge in [0, 0.05) is 34.2 Å². The molecule has 1 heterocycles. The number of rotatable bonds is 1. The lowest BCUT2D eigenvalue weighted by Gasteiger charge is -2.41. The third kappa shape index (κ3) is 5.84. The Balaban J connectivity index is 0.00000324. The first-order valence-corrected chi connectivity index (χ1v) is 6.11. The van der Waals surface area contributed by atoms with E-state index in [1.807, 2.05) is 39.8 Å². The second-order valence-electron chi connectivity index (χ2n) is 5.67. The molecule has 0 bridgehead atoms. The van der Waals surface area contributed by atoms with Crippen LogP contribution in [0.1, 0.15) is 20.8 Å². The molecule has 6 nitrogen and oxygen atoms in total. The Kier molecular flexibility index (Phi) is 6.88. The average molecular weight is 384 g/mol. The molecule has 112 valence electrons. The van der Waals surface area contributed by atoms with Gasteiger partial charge in [0.1, 0.15) is 5.60 Å². The first kappa shape index (κ1) is 18.3. The van der Waals surface area contributed by atoms with Crippen molar-refractivity contribution in [1.82, 2.24) is 15.1 Å². The van der Waals surface area contributed by atoms with E-state index in [4.69, 9.17) is 4.74 Å². The van der Waals surface area contributed by atoms with Crippen LogP contribution in [-0.2, 0) is 4.74 Å². The standard InChI is InChI=1S/C12H24N4O2.HI/c1-12(2,3)18-11(17)16-7-9(8-16)14-10(13-4)15(5)6;/h9H,7-8H2,1-6H3,(H,13,14);1H. The molecule has 0 atom stereocenters. The van der Waals surface area contributed by atoms with Gasteiger partial charge in [-0.15, -0.1) is 24.0 Å². The number of aliphatic imine (C=N–C) groups is 1. The van der Waals surface area contributed by atoms with E-state index in [-0.39, 0.29) is 36.1 Å². The Labute approximate surface area is 132 Å². The monoisotopic (exact) mass is 384 g/mol. The molecule has 0 aromatic rings. The molecule has 1 N–H and O–H groups in total. The summed E-state index contributed by atoms with van der Waals surface area (Å²) in [5.74, 6) is 0.823. The number of ether oxygens (including phenoxy) is 1. The van der Waals surface area contributed by atoms with Gasteiger partial charge in [-0.05, 0) is 20.8 Å². The summed E-state index contributed by atoms with van der Waals surface area (Å²) in [6.07, 6.45) is -0.250. The summed E-state index contributed by atoms with van der Waals surface area (Å²) in [6, 6.07) is 0.249. The predicted octanol–water partition coefficient (Wildman–Crippen LogP) is 1.36. The molecule has 1 aliphatic heterocycles. The number of amides is 1. The van der Waals surface area contributed by atoms with E-state index in [1.54, 1.807) is 11.9 Å². The van der Waals surface area contributed by atoms with Crippen LogP contribution in [0.4, 0.5) is 4.79 Å². The van der Waals surface area contributed by atoms with Gasteiger partial charge >= 0.3 is 6.09 Å². The van der Waals surface area contributed by atoms with Crippen molar-refractivity contribution in [3.8, 4) is 0 Å². The molecule has 0 aromatic heterocycles. The number of likely N-dealkylation sites (tertiary alicyclic amines) is 1. The van der Waals surface area contributed by atoms with Gasteiger partial charge < -0.3 is 19.9 Å². The minimum atomic E-state index is -0.435.